The molecule has 1 atom stereocenters. The molecule has 0 saturated carbocycles. The Labute approximate surface area is 132 Å². The molecule has 2 aromatic heterocycles. The number of nitrogens with one attached hydrogen (secondary N) is 1. The number of piperidine rings is 1. The molecule has 22 heavy (non-hydrogen) atoms. The van der Waals surface area contributed by atoms with Gasteiger partial charge in [-0.3, -0.25) is 15.0 Å². The van der Waals surface area contributed by atoms with E-state index in [1.54, 1.807) is 0 Å². The van der Waals surface area contributed by atoms with Crippen molar-refractivity contribution in [3.05, 3.63) is 41.7 Å². The summed E-state index contributed by atoms with van der Waals surface area (Å²) in [5.74, 6) is 1.92. The van der Waals surface area contributed by atoms with Gasteiger partial charge in [0, 0.05) is 24.4 Å². The maximum atomic E-state index is 4.55. The Morgan fingerprint density at radius 3 is 3.05 bits per heavy atom. The Balaban J connectivity index is 1.58. The molecule has 5 nitrogen and oxygen atoms in total. The zero-order valence-electron chi connectivity index (χ0n) is 13.3. The molecule has 0 aromatic carbocycles. The van der Waals surface area contributed by atoms with Gasteiger partial charge in [0.25, 0.3) is 0 Å². The minimum atomic E-state index is 0.630. The highest BCUT2D eigenvalue weighted by atomic mass is 15.3. The van der Waals surface area contributed by atoms with E-state index in [1.165, 1.54) is 31.4 Å². The zero-order valence-corrected chi connectivity index (χ0v) is 13.3. The van der Waals surface area contributed by atoms with Crippen LogP contribution in [0, 0.1) is 0 Å². The fourth-order valence-electron chi connectivity index (χ4n) is 3.21. The minimum Gasteiger partial charge on any atom is -0.293 e. The molecule has 0 amide bonds. The van der Waals surface area contributed by atoms with Crippen LogP contribution in [0.5, 0.6) is 0 Å². The molecule has 1 fully saturated rings. The SMILES string of the molecule is CCc1n[nH]c(CN2CCCC[C@H]2CCc2ccccn2)n1. The summed E-state index contributed by atoms with van der Waals surface area (Å²) in [6.07, 6.45) is 8.90. The Morgan fingerprint density at radius 1 is 1.32 bits per heavy atom. The predicted molar refractivity (Wildman–Crippen MR) is 86.4 cm³/mol. The highest BCUT2D eigenvalue weighted by molar-refractivity contribution is 5.04. The summed E-state index contributed by atoms with van der Waals surface area (Å²) in [5.41, 5.74) is 1.20. The quantitative estimate of drug-likeness (QED) is 0.891. The van der Waals surface area contributed by atoms with E-state index in [0.29, 0.717) is 6.04 Å². The molecule has 118 valence electrons. The Hall–Kier alpha value is -1.75. The normalized spacial score (nSPS) is 19.4. The van der Waals surface area contributed by atoms with Crippen molar-refractivity contribution in [1.82, 2.24) is 25.1 Å². The summed E-state index contributed by atoms with van der Waals surface area (Å²) in [7, 11) is 0. The van der Waals surface area contributed by atoms with Crippen molar-refractivity contribution in [2.45, 2.75) is 58.0 Å². The number of aromatic nitrogens is 4. The third-order valence-corrected chi connectivity index (χ3v) is 4.46. The number of aryl methyl sites for hydroxylation is 2. The zero-order chi connectivity index (χ0) is 15.2. The van der Waals surface area contributed by atoms with Gasteiger partial charge in [-0.15, -0.1) is 0 Å². The lowest BCUT2D eigenvalue weighted by atomic mass is 9.97. The van der Waals surface area contributed by atoms with Gasteiger partial charge in [-0.2, -0.15) is 5.10 Å². The topological polar surface area (TPSA) is 57.7 Å². The van der Waals surface area contributed by atoms with Crippen molar-refractivity contribution < 1.29 is 0 Å². The van der Waals surface area contributed by atoms with E-state index in [4.69, 9.17) is 0 Å². The van der Waals surface area contributed by atoms with E-state index in [0.717, 1.165) is 37.6 Å². The molecule has 0 aliphatic carbocycles. The molecule has 3 rings (SSSR count). The van der Waals surface area contributed by atoms with E-state index in [-0.39, 0.29) is 0 Å². The lowest BCUT2D eigenvalue weighted by Crippen LogP contribution is -2.39. The van der Waals surface area contributed by atoms with Crippen LogP contribution in [0.4, 0.5) is 0 Å². The maximum Gasteiger partial charge on any atom is 0.150 e. The average molecular weight is 299 g/mol. The monoisotopic (exact) mass is 299 g/mol. The summed E-state index contributed by atoms with van der Waals surface area (Å²) >= 11 is 0. The van der Waals surface area contributed by atoms with Crippen LogP contribution >= 0.6 is 0 Å². The molecule has 2 aromatic rings. The summed E-state index contributed by atoms with van der Waals surface area (Å²) in [4.78, 5) is 11.6. The molecule has 0 spiro atoms. The maximum absolute atomic E-state index is 4.55. The largest absolute Gasteiger partial charge is 0.293 e. The van der Waals surface area contributed by atoms with Gasteiger partial charge in [0.15, 0.2) is 0 Å². The first-order valence-electron chi connectivity index (χ1n) is 8.39. The van der Waals surface area contributed by atoms with Crippen LogP contribution in [0.2, 0.25) is 0 Å². The van der Waals surface area contributed by atoms with Gasteiger partial charge in [-0.05, 0) is 44.4 Å². The summed E-state index contributed by atoms with van der Waals surface area (Å²) < 4.78 is 0. The van der Waals surface area contributed by atoms with Crippen molar-refractivity contribution in [1.29, 1.82) is 0 Å². The first-order chi connectivity index (χ1) is 10.8. The lowest BCUT2D eigenvalue weighted by molar-refractivity contribution is 0.129. The van der Waals surface area contributed by atoms with Gasteiger partial charge in [0.1, 0.15) is 11.6 Å². The molecular weight excluding hydrogens is 274 g/mol. The van der Waals surface area contributed by atoms with Gasteiger partial charge < -0.3 is 0 Å². The predicted octanol–water partition coefficient (Wildman–Crippen LogP) is 2.75. The summed E-state index contributed by atoms with van der Waals surface area (Å²) in [6, 6.07) is 6.80. The molecular formula is C17H25N5. The van der Waals surface area contributed by atoms with Crippen LogP contribution in [0.25, 0.3) is 0 Å². The number of hydrogen-bond donors (Lipinski definition) is 1. The van der Waals surface area contributed by atoms with Crippen LogP contribution in [-0.2, 0) is 19.4 Å². The highest BCUT2D eigenvalue weighted by Gasteiger charge is 2.23. The van der Waals surface area contributed by atoms with E-state index in [2.05, 4.69) is 44.1 Å². The summed E-state index contributed by atoms with van der Waals surface area (Å²) in [5, 5.41) is 7.33. The number of aromatic amines is 1. The smallest absolute Gasteiger partial charge is 0.150 e. The van der Waals surface area contributed by atoms with Crippen molar-refractivity contribution in [3.63, 3.8) is 0 Å². The first kappa shape index (κ1) is 15.2. The second kappa shape index (κ2) is 7.49. The Morgan fingerprint density at radius 2 is 2.27 bits per heavy atom. The molecule has 5 heteroatoms. The molecule has 1 aliphatic rings. The first-order valence-corrected chi connectivity index (χ1v) is 8.39. The van der Waals surface area contributed by atoms with E-state index in [1.807, 2.05) is 12.3 Å². The van der Waals surface area contributed by atoms with Gasteiger partial charge in [-0.25, -0.2) is 4.98 Å². The fourth-order valence-corrected chi connectivity index (χ4v) is 3.21. The van der Waals surface area contributed by atoms with Crippen LogP contribution in [0.1, 0.15) is 49.9 Å². The highest BCUT2D eigenvalue weighted by Crippen LogP contribution is 2.22. The molecule has 1 saturated heterocycles. The molecule has 0 bridgehead atoms. The van der Waals surface area contributed by atoms with E-state index >= 15 is 0 Å². The molecule has 0 unspecified atom stereocenters. The Bertz CT molecular complexity index is 565. The van der Waals surface area contributed by atoms with Crippen molar-refractivity contribution in [2.24, 2.45) is 0 Å². The minimum absolute atomic E-state index is 0.630. The standard InChI is InChI=1S/C17H25N5/c1-2-16-19-17(21-20-16)13-22-12-6-4-8-15(22)10-9-14-7-3-5-11-18-14/h3,5,7,11,15H,2,4,6,8-10,12-13H2,1H3,(H,19,20,21)/t15-/m0/s1. The third-order valence-electron chi connectivity index (χ3n) is 4.46. The molecule has 1 N–H and O–H groups in total. The number of rotatable bonds is 6. The number of H-pyrrole nitrogens is 1. The van der Waals surface area contributed by atoms with Crippen molar-refractivity contribution in [2.75, 3.05) is 6.54 Å². The van der Waals surface area contributed by atoms with Gasteiger partial charge in [0.05, 0.1) is 6.54 Å². The Kier molecular flexibility index (Phi) is 5.16. The average Bonchev–Trinajstić information content (AvgIpc) is 3.03. The number of nitrogens with zero attached hydrogens (tertiary/aromatic N) is 4. The number of hydrogen-bond acceptors (Lipinski definition) is 4. The van der Waals surface area contributed by atoms with Crippen molar-refractivity contribution >= 4 is 0 Å². The van der Waals surface area contributed by atoms with Gasteiger partial charge in [0.2, 0.25) is 0 Å². The van der Waals surface area contributed by atoms with E-state index in [9.17, 15) is 0 Å². The molecule has 3 heterocycles. The van der Waals surface area contributed by atoms with Crippen LogP contribution < -0.4 is 0 Å². The van der Waals surface area contributed by atoms with Crippen LogP contribution in [0.15, 0.2) is 24.4 Å². The van der Waals surface area contributed by atoms with Crippen LogP contribution in [0.3, 0.4) is 0 Å². The number of pyridine rings is 1. The van der Waals surface area contributed by atoms with Crippen molar-refractivity contribution in [3.8, 4) is 0 Å². The third kappa shape index (κ3) is 3.91. The van der Waals surface area contributed by atoms with Gasteiger partial charge in [-0.1, -0.05) is 19.4 Å². The fraction of sp³-hybridized carbons (Fsp3) is 0.588. The second-order valence-corrected chi connectivity index (χ2v) is 6.03. The second-order valence-electron chi connectivity index (χ2n) is 6.03. The molecule has 1 aliphatic heterocycles. The van der Waals surface area contributed by atoms with Crippen LogP contribution in [-0.4, -0.2) is 37.7 Å². The summed E-state index contributed by atoms with van der Waals surface area (Å²) in [6.45, 7) is 4.14. The molecule has 0 radical (unpaired) electrons. The number of likely N-dealkylation sites (tertiary alicyclic amines) is 1. The van der Waals surface area contributed by atoms with E-state index < -0.39 is 0 Å². The van der Waals surface area contributed by atoms with Gasteiger partial charge >= 0.3 is 0 Å². The lowest BCUT2D eigenvalue weighted by Gasteiger charge is -2.35.